The molecule has 3 saturated heterocycles. The number of hydrogen-bond donors (Lipinski definition) is 5. The van der Waals surface area contributed by atoms with Crippen LogP contribution in [0, 0.1) is 11.8 Å². The van der Waals surface area contributed by atoms with E-state index in [-0.39, 0.29) is 35.3 Å². The Morgan fingerprint density at radius 1 is 1.24 bits per heavy atom. The molecule has 12 nitrogen and oxygen atoms in total. The number of halogens is 2. The van der Waals surface area contributed by atoms with Crippen LogP contribution in [0.15, 0.2) is 10.6 Å². The normalized spacial score (nSPS) is 33.3. The second-order valence-corrected chi connectivity index (χ2v) is 11.5. The van der Waals surface area contributed by atoms with Crippen molar-refractivity contribution < 1.29 is 37.9 Å². The number of carboxylic acid groups (broad SMARTS) is 1. The highest BCUT2D eigenvalue weighted by Crippen LogP contribution is 2.52. The molecule has 38 heavy (non-hydrogen) atoms. The fourth-order valence-electron chi connectivity index (χ4n) is 5.96. The second-order valence-electron chi connectivity index (χ2n) is 10.2. The maximum absolute atomic E-state index is 13.2. The Morgan fingerprint density at radius 2 is 1.92 bits per heavy atom. The number of nitrogens with zero attached hydrogens (tertiary/aromatic N) is 2. The average molecular weight is 559 g/mol. The van der Waals surface area contributed by atoms with E-state index in [1.165, 1.54) is 35.5 Å². The molecule has 0 radical (unpaired) electrons. The third-order valence-corrected chi connectivity index (χ3v) is 9.26. The van der Waals surface area contributed by atoms with Crippen molar-refractivity contribution in [3.8, 4) is 0 Å². The first-order valence-corrected chi connectivity index (χ1v) is 13.3. The summed E-state index contributed by atoms with van der Waals surface area (Å²) in [5.74, 6) is -5.09. The summed E-state index contributed by atoms with van der Waals surface area (Å²) in [6, 6.07) is -3.02. The molecule has 0 spiro atoms. The lowest BCUT2D eigenvalue weighted by molar-refractivity contribution is -0.159. The second kappa shape index (κ2) is 10.8. The van der Waals surface area contributed by atoms with Crippen molar-refractivity contribution in [3.05, 3.63) is 10.6 Å². The number of carbonyl (C=O) groups excluding carboxylic acids is 4. The van der Waals surface area contributed by atoms with Crippen LogP contribution in [0.5, 0.6) is 0 Å². The average Bonchev–Trinajstić information content (AvgIpc) is 3.54. The highest BCUT2D eigenvalue weighted by atomic mass is 32.2. The number of amides is 4. The zero-order valence-corrected chi connectivity index (χ0v) is 22.0. The van der Waals surface area contributed by atoms with Crippen LogP contribution >= 0.6 is 11.8 Å². The predicted octanol–water partition coefficient (Wildman–Crippen LogP) is -1.33. The van der Waals surface area contributed by atoms with Gasteiger partial charge in [0.05, 0.1) is 18.0 Å². The Hall–Kier alpha value is -2.78. The van der Waals surface area contributed by atoms with E-state index in [9.17, 15) is 37.9 Å². The maximum atomic E-state index is 13.2. The fraction of sp³-hybridized carbons (Fsp3) is 0.696. The number of rotatable bonds is 8. The van der Waals surface area contributed by atoms with E-state index in [1.807, 2.05) is 0 Å². The Balaban J connectivity index is 1.45. The third-order valence-electron chi connectivity index (χ3n) is 7.75. The molecular weight excluding hydrogens is 526 g/mol. The van der Waals surface area contributed by atoms with Crippen molar-refractivity contribution in [2.45, 2.75) is 68.6 Å². The van der Waals surface area contributed by atoms with Crippen LogP contribution in [-0.2, 0) is 24.0 Å². The molecule has 4 amide bonds. The van der Waals surface area contributed by atoms with Crippen LogP contribution in [0.25, 0.3) is 0 Å². The van der Waals surface area contributed by atoms with Gasteiger partial charge in [0.2, 0.25) is 17.7 Å². The summed E-state index contributed by atoms with van der Waals surface area (Å²) >= 11 is 1.28. The molecule has 15 heteroatoms. The van der Waals surface area contributed by atoms with Crippen molar-refractivity contribution in [3.63, 3.8) is 0 Å². The molecular formula is C23H32F2N6O6S. The Kier molecular flexibility index (Phi) is 8.00. The number of likely N-dealkylation sites (tertiary alicyclic amines) is 1. The van der Waals surface area contributed by atoms with Gasteiger partial charge in [-0.15, -0.1) is 11.8 Å². The lowest BCUT2D eigenvalue weighted by Crippen LogP contribution is -2.66. The first-order valence-electron chi connectivity index (χ1n) is 12.4. The van der Waals surface area contributed by atoms with Crippen LogP contribution in [0.2, 0.25) is 0 Å². The summed E-state index contributed by atoms with van der Waals surface area (Å²) in [7, 11) is 1.50. The SMILES string of the molecule is CNC(=O)[C@@H]1C[C@H](N)CN1C(=O)[C@@H]1C[C@H](SC2=C(C(=O)O)N3C(=O)[C@H](C(C)NC(=O)C(F)F)[C@H]3[C@H]2C)CN1. The molecule has 1 unspecified atom stereocenters. The van der Waals surface area contributed by atoms with Gasteiger partial charge in [0.25, 0.3) is 5.91 Å². The minimum Gasteiger partial charge on any atom is -0.477 e. The largest absolute Gasteiger partial charge is 0.477 e. The van der Waals surface area contributed by atoms with Crippen LogP contribution in [-0.4, -0.2) is 107 Å². The predicted molar refractivity (Wildman–Crippen MR) is 132 cm³/mol. The van der Waals surface area contributed by atoms with Gasteiger partial charge in [-0.3, -0.25) is 19.2 Å². The van der Waals surface area contributed by atoms with Gasteiger partial charge in [-0.2, -0.15) is 8.78 Å². The summed E-state index contributed by atoms with van der Waals surface area (Å²) in [5.41, 5.74) is 5.85. The third kappa shape index (κ3) is 4.86. The number of aliphatic carboxylic acids is 1. The molecule has 0 aromatic heterocycles. The number of carbonyl (C=O) groups is 5. The number of alkyl halides is 2. The first-order chi connectivity index (χ1) is 17.9. The van der Waals surface area contributed by atoms with Crippen LogP contribution in [0.3, 0.4) is 0 Å². The summed E-state index contributed by atoms with van der Waals surface area (Å²) < 4.78 is 25.4. The highest BCUT2D eigenvalue weighted by molar-refractivity contribution is 8.03. The minimum atomic E-state index is -3.22. The van der Waals surface area contributed by atoms with Gasteiger partial charge in [-0.25, -0.2) is 4.79 Å². The van der Waals surface area contributed by atoms with Gasteiger partial charge in [0, 0.05) is 48.3 Å². The maximum Gasteiger partial charge on any atom is 0.353 e. The minimum absolute atomic E-state index is 0.152. The molecule has 0 bridgehead atoms. The molecule has 6 N–H and O–H groups in total. The quantitative estimate of drug-likeness (QED) is 0.226. The van der Waals surface area contributed by atoms with Crippen molar-refractivity contribution >= 4 is 41.4 Å². The molecule has 8 atom stereocenters. The van der Waals surface area contributed by atoms with E-state index in [2.05, 4.69) is 16.0 Å². The number of fused-ring (bicyclic) bond motifs is 1. The van der Waals surface area contributed by atoms with Crippen LogP contribution in [0.4, 0.5) is 8.78 Å². The van der Waals surface area contributed by atoms with Gasteiger partial charge in [0.1, 0.15) is 11.7 Å². The number of likely N-dealkylation sites (N-methyl/N-ethyl adjacent to an activating group) is 1. The zero-order valence-electron chi connectivity index (χ0n) is 21.1. The van der Waals surface area contributed by atoms with Gasteiger partial charge in [-0.1, -0.05) is 6.92 Å². The number of nitrogens with two attached hydrogens (primary N) is 1. The molecule has 0 aliphatic carbocycles. The molecule has 210 valence electrons. The summed E-state index contributed by atoms with van der Waals surface area (Å²) in [6.45, 7) is 3.88. The van der Waals surface area contributed by atoms with Crippen molar-refractivity contribution in [1.29, 1.82) is 0 Å². The topological polar surface area (TPSA) is 174 Å². The van der Waals surface area contributed by atoms with Gasteiger partial charge < -0.3 is 36.6 Å². The highest BCUT2D eigenvalue weighted by Gasteiger charge is 2.60. The van der Waals surface area contributed by atoms with Gasteiger partial charge in [0.15, 0.2) is 0 Å². The van der Waals surface area contributed by atoms with E-state index in [0.717, 1.165) is 0 Å². The molecule has 4 rings (SSSR count). The summed E-state index contributed by atoms with van der Waals surface area (Å²) in [5, 5.41) is 17.6. The molecule has 4 aliphatic rings. The molecule has 0 aromatic rings. The Labute approximate surface area is 222 Å². The fourth-order valence-corrected chi connectivity index (χ4v) is 7.44. The monoisotopic (exact) mass is 558 g/mol. The molecule has 3 fully saturated rings. The molecule has 4 heterocycles. The molecule has 0 aromatic carbocycles. The lowest BCUT2D eigenvalue weighted by Gasteiger charge is -2.47. The zero-order chi connectivity index (χ0) is 28.0. The van der Waals surface area contributed by atoms with Crippen molar-refractivity contribution in [2.75, 3.05) is 20.1 Å². The Morgan fingerprint density at radius 3 is 2.53 bits per heavy atom. The van der Waals surface area contributed by atoms with E-state index >= 15 is 0 Å². The standard InChI is InChI=1S/C23H32F2N6O6S/c1-8-15-14(9(2)29-20(33)18(24)25)22(35)31(15)16(23(36)37)17(8)38-11-5-12(28-6-11)21(34)30-7-10(26)4-13(30)19(32)27-3/h8-15,18,28H,4-7,26H2,1-3H3,(H,27,32)(H,29,33)(H,36,37)/t8-,9?,10+,11+,12+,13+,14-,15-/m1/s1. The molecule has 4 aliphatic heterocycles. The van der Waals surface area contributed by atoms with E-state index in [1.54, 1.807) is 6.92 Å². The van der Waals surface area contributed by atoms with E-state index < -0.39 is 60.2 Å². The lowest BCUT2D eigenvalue weighted by atomic mass is 9.78. The smallest absolute Gasteiger partial charge is 0.353 e. The number of thioether (sulfide) groups is 1. The number of carboxylic acids is 1. The van der Waals surface area contributed by atoms with Crippen LogP contribution < -0.4 is 21.7 Å². The summed E-state index contributed by atoms with van der Waals surface area (Å²) in [4.78, 5) is 65.1. The number of nitrogens with one attached hydrogen (secondary N) is 3. The number of hydrogen-bond acceptors (Lipinski definition) is 8. The van der Waals surface area contributed by atoms with E-state index in [0.29, 0.717) is 24.3 Å². The van der Waals surface area contributed by atoms with Crippen LogP contribution in [0.1, 0.15) is 26.7 Å². The van der Waals surface area contributed by atoms with Crippen molar-refractivity contribution in [1.82, 2.24) is 25.8 Å². The van der Waals surface area contributed by atoms with Crippen molar-refractivity contribution in [2.24, 2.45) is 17.6 Å². The van der Waals surface area contributed by atoms with Gasteiger partial charge >= 0.3 is 12.4 Å². The number of β-lactam (4-membered cyclic amide) rings is 1. The summed E-state index contributed by atoms with van der Waals surface area (Å²) in [6.07, 6.45) is -2.48. The van der Waals surface area contributed by atoms with E-state index in [4.69, 9.17) is 5.73 Å². The Bertz CT molecular complexity index is 1070. The van der Waals surface area contributed by atoms with Gasteiger partial charge in [-0.05, 0) is 19.8 Å². The molecule has 0 saturated carbocycles. The first kappa shape index (κ1) is 28.2.